The van der Waals surface area contributed by atoms with Gasteiger partial charge in [-0.05, 0) is 57.4 Å². The maximum atomic E-state index is 14.1. The third-order valence-electron chi connectivity index (χ3n) is 4.30. The lowest BCUT2D eigenvalue weighted by molar-refractivity contribution is 0.305. The highest BCUT2D eigenvalue weighted by atomic mass is 35.5. The van der Waals surface area contributed by atoms with Gasteiger partial charge in [-0.25, -0.2) is 4.39 Å². The van der Waals surface area contributed by atoms with E-state index in [-0.39, 0.29) is 11.9 Å². The van der Waals surface area contributed by atoms with Gasteiger partial charge in [-0.15, -0.1) is 10.2 Å². The maximum Gasteiger partial charge on any atom is 0.196 e. The maximum absolute atomic E-state index is 14.1. The molecule has 0 spiro atoms. The summed E-state index contributed by atoms with van der Waals surface area (Å²) in [4.78, 5) is 2.05. The fraction of sp³-hybridized carbons (Fsp3) is 0.263. The molecule has 0 N–H and O–H groups in total. The molecule has 27 heavy (non-hydrogen) atoms. The van der Waals surface area contributed by atoms with E-state index in [2.05, 4.69) is 22.0 Å². The van der Waals surface area contributed by atoms with E-state index in [1.54, 1.807) is 12.1 Å². The van der Waals surface area contributed by atoms with Gasteiger partial charge in [0.25, 0.3) is 0 Å². The second-order valence-electron chi connectivity index (χ2n) is 6.28. The lowest BCUT2D eigenvalue weighted by atomic mass is 10.2. The van der Waals surface area contributed by atoms with Crippen LogP contribution in [-0.2, 0) is 5.75 Å². The number of rotatable bonds is 6. The molecule has 0 fully saturated rings. The lowest BCUT2D eigenvalue weighted by Crippen LogP contribution is -2.20. The molecule has 0 bridgehead atoms. The smallest absolute Gasteiger partial charge is 0.196 e. The van der Waals surface area contributed by atoms with Crippen molar-refractivity contribution in [2.45, 2.75) is 23.9 Å². The van der Waals surface area contributed by atoms with Crippen LogP contribution in [0.3, 0.4) is 0 Å². The Labute approximate surface area is 172 Å². The molecule has 142 valence electrons. The molecule has 1 aromatic heterocycles. The largest absolute Gasteiger partial charge is 0.300 e. The summed E-state index contributed by atoms with van der Waals surface area (Å²) in [7, 11) is 3.97. The Balaban J connectivity index is 1.99. The normalized spacial score (nSPS) is 12.6. The Morgan fingerprint density at radius 3 is 2.44 bits per heavy atom. The third kappa shape index (κ3) is 4.46. The molecule has 0 aliphatic heterocycles. The van der Waals surface area contributed by atoms with E-state index < -0.39 is 0 Å². The molecular formula is C19H19Cl2FN4S. The summed E-state index contributed by atoms with van der Waals surface area (Å²) in [5.41, 5.74) is 1.35. The quantitative estimate of drug-likeness (QED) is 0.480. The van der Waals surface area contributed by atoms with Gasteiger partial charge in [0.15, 0.2) is 11.0 Å². The molecule has 0 saturated carbocycles. The van der Waals surface area contributed by atoms with Crippen LogP contribution in [0.2, 0.25) is 10.0 Å². The highest BCUT2D eigenvalue weighted by molar-refractivity contribution is 7.98. The zero-order chi connectivity index (χ0) is 19.6. The van der Waals surface area contributed by atoms with Gasteiger partial charge in [0.05, 0.1) is 6.04 Å². The van der Waals surface area contributed by atoms with Gasteiger partial charge < -0.3 is 0 Å². The predicted molar refractivity (Wildman–Crippen MR) is 109 cm³/mol. The van der Waals surface area contributed by atoms with E-state index >= 15 is 0 Å². The molecule has 0 radical (unpaired) electrons. The van der Waals surface area contributed by atoms with Crippen molar-refractivity contribution in [1.29, 1.82) is 0 Å². The Morgan fingerprint density at radius 1 is 1.11 bits per heavy atom. The Morgan fingerprint density at radius 2 is 1.81 bits per heavy atom. The number of halogens is 3. The van der Waals surface area contributed by atoms with E-state index in [1.807, 2.05) is 42.9 Å². The van der Waals surface area contributed by atoms with Crippen LogP contribution in [-0.4, -0.2) is 33.8 Å². The number of thioether (sulfide) groups is 1. The summed E-state index contributed by atoms with van der Waals surface area (Å²) in [6.45, 7) is 2.05. The van der Waals surface area contributed by atoms with Crippen molar-refractivity contribution in [2.24, 2.45) is 0 Å². The van der Waals surface area contributed by atoms with Crippen molar-refractivity contribution >= 4 is 35.0 Å². The number of hydrogen-bond donors (Lipinski definition) is 0. The average molecular weight is 425 g/mol. The van der Waals surface area contributed by atoms with Crippen molar-refractivity contribution in [3.63, 3.8) is 0 Å². The molecule has 0 saturated heterocycles. The minimum Gasteiger partial charge on any atom is -0.300 e. The molecule has 0 aliphatic carbocycles. The minimum atomic E-state index is -0.325. The summed E-state index contributed by atoms with van der Waals surface area (Å²) in [6, 6.07) is 12.2. The minimum absolute atomic E-state index is 0.0413. The van der Waals surface area contributed by atoms with Crippen LogP contribution in [0.4, 0.5) is 4.39 Å². The monoisotopic (exact) mass is 424 g/mol. The first kappa shape index (κ1) is 20.1. The van der Waals surface area contributed by atoms with Crippen LogP contribution in [0.15, 0.2) is 47.6 Å². The number of nitrogens with zero attached hydrogens (tertiary/aromatic N) is 4. The summed E-state index contributed by atoms with van der Waals surface area (Å²) >= 11 is 13.6. The van der Waals surface area contributed by atoms with E-state index in [0.717, 1.165) is 11.5 Å². The molecule has 0 aliphatic rings. The van der Waals surface area contributed by atoms with Crippen LogP contribution in [0, 0.1) is 5.82 Å². The molecule has 4 nitrogen and oxygen atoms in total. The number of aromatic nitrogens is 3. The SMILES string of the molecule is CC(c1nnc(SCc2c(F)cccc2Cl)n1-c1ccc(Cl)cc1)N(C)C. The molecule has 1 heterocycles. The van der Waals surface area contributed by atoms with Gasteiger partial charge in [-0.1, -0.05) is 41.0 Å². The molecule has 0 amide bonds. The fourth-order valence-corrected chi connectivity index (χ4v) is 3.94. The van der Waals surface area contributed by atoms with Crippen molar-refractivity contribution in [2.75, 3.05) is 14.1 Å². The summed E-state index contributed by atoms with van der Waals surface area (Å²) in [6.07, 6.45) is 0. The Bertz CT molecular complexity index is 908. The van der Waals surface area contributed by atoms with Crippen LogP contribution in [0.5, 0.6) is 0 Å². The molecule has 8 heteroatoms. The van der Waals surface area contributed by atoms with Crippen LogP contribution in [0.1, 0.15) is 24.4 Å². The van der Waals surface area contributed by atoms with Gasteiger partial charge in [-0.2, -0.15) is 0 Å². The highest BCUT2D eigenvalue weighted by Gasteiger charge is 2.21. The van der Waals surface area contributed by atoms with E-state index in [0.29, 0.717) is 26.5 Å². The van der Waals surface area contributed by atoms with Crippen molar-refractivity contribution in [1.82, 2.24) is 19.7 Å². The standard InChI is InChI=1S/C19H19Cl2FN4S/c1-12(25(2)3)18-23-24-19(26(18)14-9-7-13(20)8-10-14)27-11-15-16(21)5-4-6-17(15)22/h4-10,12H,11H2,1-3H3. The van der Waals surface area contributed by atoms with E-state index in [9.17, 15) is 4.39 Å². The highest BCUT2D eigenvalue weighted by Crippen LogP contribution is 2.31. The predicted octanol–water partition coefficient (Wildman–Crippen LogP) is 5.63. The van der Waals surface area contributed by atoms with E-state index in [4.69, 9.17) is 23.2 Å². The van der Waals surface area contributed by atoms with Crippen LogP contribution < -0.4 is 0 Å². The lowest BCUT2D eigenvalue weighted by Gasteiger charge is -2.20. The zero-order valence-electron chi connectivity index (χ0n) is 15.2. The number of hydrogen-bond acceptors (Lipinski definition) is 4. The second kappa shape index (κ2) is 8.61. The molecular weight excluding hydrogens is 406 g/mol. The molecule has 2 aromatic carbocycles. The van der Waals surface area contributed by atoms with Crippen molar-refractivity contribution < 1.29 is 4.39 Å². The summed E-state index contributed by atoms with van der Waals surface area (Å²) in [5, 5.41) is 10.5. The van der Waals surface area contributed by atoms with Gasteiger partial charge >= 0.3 is 0 Å². The summed E-state index contributed by atoms with van der Waals surface area (Å²) in [5.74, 6) is 0.826. The van der Waals surface area contributed by atoms with Crippen molar-refractivity contribution in [3.05, 3.63) is 69.7 Å². The molecule has 1 unspecified atom stereocenters. The number of benzene rings is 2. The second-order valence-corrected chi connectivity index (χ2v) is 8.07. The van der Waals surface area contributed by atoms with Gasteiger partial charge in [0, 0.05) is 27.0 Å². The van der Waals surface area contributed by atoms with Crippen LogP contribution >= 0.6 is 35.0 Å². The van der Waals surface area contributed by atoms with Gasteiger partial charge in [0.1, 0.15) is 5.82 Å². The first-order chi connectivity index (χ1) is 12.9. The molecule has 1 atom stereocenters. The average Bonchev–Trinajstić information content (AvgIpc) is 3.05. The summed E-state index contributed by atoms with van der Waals surface area (Å²) < 4.78 is 16.1. The fourth-order valence-electron chi connectivity index (χ4n) is 2.52. The van der Waals surface area contributed by atoms with Gasteiger partial charge in [0.2, 0.25) is 0 Å². The first-order valence-electron chi connectivity index (χ1n) is 8.32. The van der Waals surface area contributed by atoms with Crippen LogP contribution in [0.25, 0.3) is 5.69 Å². The first-order valence-corrected chi connectivity index (χ1v) is 10.1. The third-order valence-corrected chi connectivity index (χ3v) is 5.86. The van der Waals surface area contributed by atoms with Gasteiger partial charge in [-0.3, -0.25) is 9.47 Å². The zero-order valence-corrected chi connectivity index (χ0v) is 17.5. The Kier molecular flexibility index (Phi) is 6.42. The topological polar surface area (TPSA) is 34.0 Å². The Hall–Kier alpha value is -1.60. The van der Waals surface area contributed by atoms with E-state index in [1.165, 1.54) is 17.8 Å². The molecule has 3 aromatic rings. The van der Waals surface area contributed by atoms with Crippen molar-refractivity contribution in [3.8, 4) is 5.69 Å². The molecule has 3 rings (SSSR count).